The minimum atomic E-state index is 0.163. The standard InChI is InChI=1S/C15H13BrClN3O/c1-2-14-18-12-5-6-13(16)19-15(12)20(14)8-9-3-4-10(21)7-11(9)17/h3-7,21H,2,8H2,1H3. The predicted molar refractivity (Wildman–Crippen MR) is 86.8 cm³/mol. The lowest BCUT2D eigenvalue weighted by Gasteiger charge is -2.09. The molecule has 108 valence electrons. The van der Waals surface area contributed by atoms with Gasteiger partial charge in [0.2, 0.25) is 0 Å². The first-order valence-corrected chi connectivity index (χ1v) is 7.74. The van der Waals surface area contributed by atoms with Crippen LogP contribution in [0.5, 0.6) is 5.75 Å². The highest BCUT2D eigenvalue weighted by Crippen LogP contribution is 2.25. The zero-order chi connectivity index (χ0) is 15.0. The molecule has 0 aliphatic rings. The van der Waals surface area contributed by atoms with Crippen LogP contribution in [0.25, 0.3) is 11.2 Å². The zero-order valence-corrected chi connectivity index (χ0v) is 13.7. The highest BCUT2D eigenvalue weighted by molar-refractivity contribution is 9.10. The summed E-state index contributed by atoms with van der Waals surface area (Å²) in [5, 5.41) is 9.99. The van der Waals surface area contributed by atoms with E-state index < -0.39 is 0 Å². The van der Waals surface area contributed by atoms with Crippen LogP contribution in [0.4, 0.5) is 0 Å². The highest BCUT2D eigenvalue weighted by Gasteiger charge is 2.13. The second-order valence-electron chi connectivity index (χ2n) is 4.72. The molecule has 2 aromatic heterocycles. The molecule has 0 saturated heterocycles. The molecular weight excluding hydrogens is 354 g/mol. The van der Waals surface area contributed by atoms with Gasteiger partial charge in [0.15, 0.2) is 5.65 Å². The molecule has 1 N–H and O–H groups in total. The quantitative estimate of drug-likeness (QED) is 0.708. The van der Waals surface area contributed by atoms with Gasteiger partial charge in [0.25, 0.3) is 0 Å². The maximum absolute atomic E-state index is 9.45. The maximum atomic E-state index is 9.45. The van der Waals surface area contributed by atoms with E-state index >= 15 is 0 Å². The summed E-state index contributed by atoms with van der Waals surface area (Å²) in [6.07, 6.45) is 0.809. The van der Waals surface area contributed by atoms with Crippen molar-refractivity contribution in [2.75, 3.05) is 0 Å². The molecule has 2 heterocycles. The van der Waals surface area contributed by atoms with Crippen molar-refractivity contribution in [1.82, 2.24) is 14.5 Å². The van der Waals surface area contributed by atoms with E-state index in [2.05, 4.69) is 37.4 Å². The minimum Gasteiger partial charge on any atom is -0.508 e. The predicted octanol–water partition coefficient (Wildman–Crippen LogP) is 4.16. The Morgan fingerprint density at radius 2 is 2.05 bits per heavy atom. The van der Waals surface area contributed by atoms with Crippen molar-refractivity contribution < 1.29 is 5.11 Å². The van der Waals surface area contributed by atoms with Gasteiger partial charge in [-0.05, 0) is 45.8 Å². The Morgan fingerprint density at radius 1 is 1.24 bits per heavy atom. The number of aromatic nitrogens is 3. The van der Waals surface area contributed by atoms with Crippen molar-refractivity contribution in [1.29, 1.82) is 0 Å². The Kier molecular flexibility index (Phi) is 3.87. The van der Waals surface area contributed by atoms with Crippen molar-refractivity contribution in [3.05, 3.63) is 51.3 Å². The number of aryl methyl sites for hydroxylation is 1. The first-order valence-electron chi connectivity index (χ1n) is 6.57. The van der Waals surface area contributed by atoms with Gasteiger partial charge in [-0.3, -0.25) is 0 Å². The summed E-state index contributed by atoms with van der Waals surface area (Å²) in [5.74, 6) is 1.12. The van der Waals surface area contributed by atoms with Gasteiger partial charge < -0.3 is 9.67 Å². The van der Waals surface area contributed by atoms with E-state index in [0.29, 0.717) is 11.6 Å². The molecule has 0 spiro atoms. The fourth-order valence-corrected chi connectivity index (χ4v) is 2.83. The lowest BCUT2D eigenvalue weighted by atomic mass is 10.2. The van der Waals surface area contributed by atoms with Crippen LogP contribution in [0.3, 0.4) is 0 Å². The van der Waals surface area contributed by atoms with Crippen LogP contribution in [0.2, 0.25) is 5.02 Å². The molecule has 0 saturated carbocycles. The van der Waals surface area contributed by atoms with Gasteiger partial charge in [-0.25, -0.2) is 9.97 Å². The number of phenolic OH excluding ortho intramolecular Hbond substituents is 1. The molecule has 3 rings (SSSR count). The molecule has 0 fully saturated rings. The molecule has 0 atom stereocenters. The smallest absolute Gasteiger partial charge is 0.161 e. The minimum absolute atomic E-state index is 0.163. The Balaban J connectivity index is 2.12. The maximum Gasteiger partial charge on any atom is 0.161 e. The van der Waals surface area contributed by atoms with Gasteiger partial charge in [-0.2, -0.15) is 0 Å². The zero-order valence-electron chi connectivity index (χ0n) is 11.3. The molecule has 21 heavy (non-hydrogen) atoms. The van der Waals surface area contributed by atoms with Crippen molar-refractivity contribution >= 4 is 38.7 Å². The third-order valence-corrected chi connectivity index (χ3v) is 4.11. The molecule has 0 amide bonds. The molecule has 0 radical (unpaired) electrons. The Morgan fingerprint density at radius 3 is 2.76 bits per heavy atom. The fraction of sp³-hybridized carbons (Fsp3) is 0.200. The van der Waals surface area contributed by atoms with Crippen molar-refractivity contribution in [2.24, 2.45) is 0 Å². The van der Waals surface area contributed by atoms with E-state index in [9.17, 15) is 5.11 Å². The number of aromatic hydroxyl groups is 1. The summed E-state index contributed by atoms with van der Waals surface area (Å²) in [5.41, 5.74) is 2.61. The molecule has 0 aliphatic carbocycles. The topological polar surface area (TPSA) is 50.9 Å². The van der Waals surface area contributed by atoms with E-state index in [0.717, 1.165) is 33.6 Å². The third kappa shape index (κ3) is 2.76. The average molecular weight is 367 g/mol. The molecule has 0 bridgehead atoms. The molecular formula is C15H13BrClN3O. The Hall–Kier alpha value is -1.59. The largest absolute Gasteiger partial charge is 0.508 e. The van der Waals surface area contributed by atoms with Crippen LogP contribution >= 0.6 is 27.5 Å². The van der Waals surface area contributed by atoms with Crippen molar-refractivity contribution in [3.8, 4) is 5.75 Å². The van der Waals surface area contributed by atoms with Crippen molar-refractivity contribution in [2.45, 2.75) is 19.9 Å². The Labute approximate surface area is 135 Å². The van der Waals surface area contributed by atoms with Crippen LogP contribution in [-0.4, -0.2) is 19.6 Å². The molecule has 0 aliphatic heterocycles. The number of phenols is 1. The fourth-order valence-electron chi connectivity index (χ4n) is 2.30. The van der Waals surface area contributed by atoms with Gasteiger partial charge in [0.1, 0.15) is 21.7 Å². The third-order valence-electron chi connectivity index (χ3n) is 3.32. The number of fused-ring (bicyclic) bond motifs is 1. The summed E-state index contributed by atoms with van der Waals surface area (Å²) < 4.78 is 2.83. The van der Waals surface area contributed by atoms with Crippen LogP contribution in [0.1, 0.15) is 18.3 Å². The molecule has 0 unspecified atom stereocenters. The Bertz CT molecular complexity index is 816. The monoisotopic (exact) mass is 365 g/mol. The summed E-state index contributed by atoms with van der Waals surface area (Å²) in [6, 6.07) is 8.83. The molecule has 3 aromatic rings. The first kappa shape index (κ1) is 14.4. The van der Waals surface area contributed by atoms with Gasteiger partial charge in [-0.1, -0.05) is 24.6 Å². The SMILES string of the molecule is CCc1nc2ccc(Br)nc2n1Cc1ccc(O)cc1Cl. The molecule has 1 aromatic carbocycles. The van der Waals surface area contributed by atoms with Crippen LogP contribution in [-0.2, 0) is 13.0 Å². The van der Waals surface area contributed by atoms with Gasteiger partial charge in [0.05, 0.1) is 6.54 Å². The van der Waals surface area contributed by atoms with E-state index in [1.807, 2.05) is 18.2 Å². The highest BCUT2D eigenvalue weighted by atomic mass is 79.9. The second kappa shape index (κ2) is 5.66. The lowest BCUT2D eigenvalue weighted by molar-refractivity contribution is 0.475. The number of pyridine rings is 1. The van der Waals surface area contributed by atoms with Crippen LogP contribution < -0.4 is 0 Å². The molecule has 4 nitrogen and oxygen atoms in total. The number of benzene rings is 1. The normalized spacial score (nSPS) is 11.2. The summed E-state index contributed by atoms with van der Waals surface area (Å²) in [7, 11) is 0. The number of hydrogen-bond donors (Lipinski definition) is 1. The summed E-state index contributed by atoms with van der Waals surface area (Å²) in [6.45, 7) is 2.63. The van der Waals surface area contributed by atoms with Gasteiger partial charge in [-0.15, -0.1) is 0 Å². The van der Waals surface area contributed by atoms with E-state index in [1.165, 1.54) is 0 Å². The lowest BCUT2D eigenvalue weighted by Crippen LogP contribution is -2.05. The van der Waals surface area contributed by atoms with Gasteiger partial charge in [0, 0.05) is 11.4 Å². The van der Waals surface area contributed by atoms with Gasteiger partial charge >= 0.3 is 0 Å². The first-order chi connectivity index (χ1) is 10.1. The van der Waals surface area contributed by atoms with Crippen LogP contribution in [0, 0.1) is 0 Å². The summed E-state index contributed by atoms with van der Waals surface area (Å²) >= 11 is 9.60. The number of rotatable bonds is 3. The van der Waals surface area contributed by atoms with Crippen molar-refractivity contribution in [3.63, 3.8) is 0 Å². The summed E-state index contributed by atoms with van der Waals surface area (Å²) in [4.78, 5) is 9.12. The molecule has 6 heteroatoms. The number of nitrogens with zero attached hydrogens (tertiary/aromatic N) is 3. The number of imidazole rings is 1. The number of halogens is 2. The van der Waals surface area contributed by atoms with Crippen LogP contribution in [0.15, 0.2) is 34.9 Å². The second-order valence-corrected chi connectivity index (χ2v) is 5.94. The number of hydrogen-bond acceptors (Lipinski definition) is 3. The van der Waals surface area contributed by atoms with E-state index in [-0.39, 0.29) is 5.75 Å². The van der Waals surface area contributed by atoms with E-state index in [1.54, 1.807) is 12.1 Å². The van der Waals surface area contributed by atoms with E-state index in [4.69, 9.17) is 11.6 Å². The average Bonchev–Trinajstić information content (AvgIpc) is 2.79.